The van der Waals surface area contributed by atoms with Crippen LogP contribution in [0.4, 0.5) is 4.39 Å². The summed E-state index contributed by atoms with van der Waals surface area (Å²) < 4.78 is 13.8. The van der Waals surface area contributed by atoms with E-state index in [2.05, 4.69) is 12.7 Å². The molecule has 0 spiro atoms. The van der Waals surface area contributed by atoms with Crippen molar-refractivity contribution in [2.45, 2.75) is 6.92 Å². The molecule has 1 heterocycles. The third kappa shape index (κ3) is 2.93. The van der Waals surface area contributed by atoms with Gasteiger partial charge in [0.1, 0.15) is 0 Å². The number of halogens is 2. The predicted molar refractivity (Wildman–Crippen MR) is 68.7 cm³/mol. The van der Waals surface area contributed by atoms with E-state index in [1.807, 2.05) is 24.9 Å². The monoisotopic (exact) mass is 337 g/mol. The third-order valence-corrected chi connectivity index (χ3v) is 3.04. The van der Waals surface area contributed by atoms with Gasteiger partial charge in [0, 0.05) is 44.8 Å². The molecule has 18 heavy (non-hydrogen) atoms. The number of hydrogen-bond acceptors (Lipinski definition) is 1. The van der Waals surface area contributed by atoms with Crippen LogP contribution in [0.2, 0.25) is 5.02 Å². The minimum Gasteiger partial charge on any atom is -0.378 e. The second kappa shape index (κ2) is 6.14. The fourth-order valence-electron chi connectivity index (χ4n) is 1.70. The van der Waals surface area contributed by atoms with Gasteiger partial charge in [-0.2, -0.15) is 12.2 Å². The molecule has 0 saturated carbocycles. The van der Waals surface area contributed by atoms with Gasteiger partial charge in [-0.25, -0.2) is 4.39 Å². The Balaban J connectivity index is 0.00000162. The average molecular weight is 338 g/mol. The topological polar surface area (TPSA) is 3.24 Å². The molecular weight excluding hydrogens is 326 g/mol. The van der Waals surface area contributed by atoms with Crippen molar-refractivity contribution in [1.29, 1.82) is 0 Å². The first-order valence-corrected chi connectivity index (χ1v) is 5.57. The summed E-state index contributed by atoms with van der Waals surface area (Å²) in [5.41, 5.74) is 3.00. The maximum Gasteiger partial charge on any atom is 0.0796 e. The summed E-state index contributed by atoms with van der Waals surface area (Å²) in [7, 11) is 1.84. The number of nitrogens with zero attached hydrogens (tertiary/aromatic N) is 1. The fraction of sp³-hybridized carbons (Fsp3) is 0.143. The van der Waals surface area contributed by atoms with Crippen LogP contribution in [0.1, 0.15) is 12.5 Å². The van der Waals surface area contributed by atoms with E-state index in [0.717, 1.165) is 11.3 Å². The molecule has 0 aliphatic carbocycles. The van der Waals surface area contributed by atoms with Crippen LogP contribution in [0.3, 0.4) is 0 Å². The SMILES string of the molecule is C=C1C(C)=C[C-]=C(c2ccc(Cl)cc2F)N1C.[Y]. The molecule has 0 aromatic heterocycles. The van der Waals surface area contributed by atoms with Crippen LogP contribution in [0, 0.1) is 11.9 Å². The second-order valence-electron chi connectivity index (χ2n) is 3.95. The summed E-state index contributed by atoms with van der Waals surface area (Å²) in [5.74, 6) is -0.354. The second-order valence-corrected chi connectivity index (χ2v) is 4.39. The molecule has 0 bridgehead atoms. The summed E-state index contributed by atoms with van der Waals surface area (Å²) in [6.07, 6.45) is 4.87. The molecule has 0 fully saturated rings. The first-order valence-electron chi connectivity index (χ1n) is 5.19. The molecule has 0 unspecified atom stereocenters. The minimum absolute atomic E-state index is 0. The van der Waals surface area contributed by atoms with Crippen LogP contribution < -0.4 is 0 Å². The van der Waals surface area contributed by atoms with Crippen molar-refractivity contribution >= 4 is 17.3 Å². The maximum atomic E-state index is 13.8. The summed E-state index contributed by atoms with van der Waals surface area (Å²) in [6.45, 7) is 5.89. The van der Waals surface area contributed by atoms with E-state index in [0.29, 0.717) is 16.3 Å². The van der Waals surface area contributed by atoms with Gasteiger partial charge in [-0.05, 0) is 11.8 Å². The van der Waals surface area contributed by atoms with Gasteiger partial charge in [-0.1, -0.05) is 42.4 Å². The van der Waals surface area contributed by atoms with Crippen molar-refractivity contribution in [2.75, 3.05) is 7.05 Å². The number of rotatable bonds is 1. The molecule has 2 rings (SSSR count). The zero-order valence-corrected chi connectivity index (χ0v) is 13.9. The van der Waals surface area contributed by atoms with E-state index in [9.17, 15) is 4.39 Å². The van der Waals surface area contributed by atoms with Gasteiger partial charge in [-0.3, -0.25) is 0 Å². The molecule has 0 atom stereocenters. The Morgan fingerprint density at radius 1 is 1.39 bits per heavy atom. The van der Waals surface area contributed by atoms with Crippen LogP contribution in [0.25, 0.3) is 5.70 Å². The smallest absolute Gasteiger partial charge is 0.0796 e. The molecule has 1 aromatic carbocycles. The zero-order chi connectivity index (χ0) is 12.6. The Hall–Kier alpha value is -0.436. The molecule has 4 heteroatoms. The molecule has 1 aliphatic rings. The predicted octanol–water partition coefficient (Wildman–Crippen LogP) is 4.03. The van der Waals surface area contributed by atoms with Crippen LogP contribution in [0.15, 0.2) is 42.1 Å². The summed E-state index contributed by atoms with van der Waals surface area (Å²) >= 11 is 5.73. The summed E-state index contributed by atoms with van der Waals surface area (Å²) in [6, 6.07) is 4.61. The van der Waals surface area contributed by atoms with Crippen molar-refractivity contribution in [3.05, 3.63) is 64.6 Å². The van der Waals surface area contributed by atoms with E-state index >= 15 is 0 Å². The standard InChI is InChI=1S/C14H12ClFN.Y/c1-9-4-7-14(17(3)10(9)2)12-6-5-11(15)8-13(12)16;/h4-6,8H,2H2,1,3H3;/q-1;. The van der Waals surface area contributed by atoms with E-state index < -0.39 is 0 Å². The number of hydrogen-bond donors (Lipinski definition) is 0. The van der Waals surface area contributed by atoms with Crippen LogP contribution in [-0.2, 0) is 32.7 Å². The van der Waals surface area contributed by atoms with Crippen molar-refractivity contribution in [3.8, 4) is 0 Å². The van der Waals surface area contributed by atoms with Crippen LogP contribution in [0.5, 0.6) is 0 Å². The maximum absolute atomic E-state index is 13.8. The van der Waals surface area contributed by atoms with Gasteiger partial charge in [0.2, 0.25) is 0 Å². The van der Waals surface area contributed by atoms with Crippen molar-refractivity contribution in [2.24, 2.45) is 0 Å². The van der Waals surface area contributed by atoms with Gasteiger partial charge >= 0.3 is 0 Å². The normalized spacial score (nSPS) is 14.9. The first-order chi connectivity index (χ1) is 8.00. The molecule has 0 N–H and O–H groups in total. The van der Waals surface area contributed by atoms with Gasteiger partial charge in [-0.15, -0.1) is 11.6 Å². The number of likely N-dealkylation sites (N-methyl/N-ethyl adjacent to an activating group) is 1. The van der Waals surface area contributed by atoms with E-state index in [1.165, 1.54) is 6.07 Å². The molecule has 1 aliphatic heterocycles. The molecule has 0 saturated heterocycles. The molecular formula is C14H12ClFNY-. The van der Waals surface area contributed by atoms with E-state index in [4.69, 9.17) is 11.6 Å². The average Bonchev–Trinajstić information content (AvgIpc) is 2.28. The summed E-state index contributed by atoms with van der Waals surface area (Å²) in [4.78, 5) is 1.82. The van der Waals surface area contributed by atoms with Gasteiger partial charge in [0.05, 0.1) is 5.82 Å². The quantitative estimate of drug-likeness (QED) is 0.700. The van der Waals surface area contributed by atoms with Crippen LogP contribution >= 0.6 is 11.6 Å². The van der Waals surface area contributed by atoms with E-state index in [1.54, 1.807) is 12.1 Å². The van der Waals surface area contributed by atoms with Crippen molar-refractivity contribution in [1.82, 2.24) is 4.90 Å². The molecule has 1 aromatic rings. The Morgan fingerprint density at radius 2 is 2.06 bits per heavy atom. The van der Waals surface area contributed by atoms with Gasteiger partial charge < -0.3 is 4.90 Å². The Kier molecular flexibility index (Phi) is 5.33. The Morgan fingerprint density at radius 3 is 2.67 bits per heavy atom. The third-order valence-electron chi connectivity index (χ3n) is 2.81. The van der Waals surface area contributed by atoms with Crippen molar-refractivity contribution in [3.63, 3.8) is 0 Å². The minimum atomic E-state index is -0.354. The summed E-state index contributed by atoms with van der Waals surface area (Å²) in [5, 5.41) is 0.385. The Labute approximate surface area is 137 Å². The molecule has 1 radical (unpaired) electrons. The molecule has 91 valence electrons. The number of benzene rings is 1. The first kappa shape index (κ1) is 15.6. The van der Waals surface area contributed by atoms with Crippen molar-refractivity contribution < 1.29 is 37.1 Å². The van der Waals surface area contributed by atoms with E-state index in [-0.39, 0.29) is 38.5 Å². The van der Waals surface area contributed by atoms with Crippen LogP contribution in [-0.4, -0.2) is 11.9 Å². The zero-order valence-electron chi connectivity index (χ0n) is 10.3. The number of allylic oxidation sites excluding steroid dienone is 3. The van der Waals surface area contributed by atoms with Gasteiger partial charge in [0.15, 0.2) is 0 Å². The Bertz CT molecular complexity index is 549. The molecule has 0 amide bonds. The van der Waals surface area contributed by atoms with Gasteiger partial charge in [0.25, 0.3) is 0 Å². The molecule has 1 nitrogen and oxygen atoms in total. The largest absolute Gasteiger partial charge is 0.378 e. The fourth-order valence-corrected chi connectivity index (χ4v) is 1.85.